The molecule has 2 rings (SSSR count). The summed E-state index contributed by atoms with van der Waals surface area (Å²) < 4.78 is 32.7. The van der Waals surface area contributed by atoms with Gasteiger partial charge in [-0.3, -0.25) is 0 Å². The van der Waals surface area contributed by atoms with Gasteiger partial charge in [0.05, 0.1) is 11.6 Å². The van der Waals surface area contributed by atoms with Gasteiger partial charge in [-0.15, -0.1) is 0 Å². The fraction of sp³-hybridized carbons (Fsp3) is 0.538. The predicted octanol–water partition coefficient (Wildman–Crippen LogP) is 2.84. The molecule has 2 N–H and O–H groups in total. The molecule has 1 aromatic rings. The van der Waals surface area contributed by atoms with Crippen LogP contribution in [-0.2, 0) is 4.74 Å². The van der Waals surface area contributed by atoms with E-state index in [0.29, 0.717) is 5.56 Å². The first kappa shape index (κ1) is 12.5. The van der Waals surface area contributed by atoms with Crippen LogP contribution in [0.25, 0.3) is 0 Å². The van der Waals surface area contributed by atoms with Crippen molar-refractivity contribution in [3.63, 3.8) is 0 Å². The van der Waals surface area contributed by atoms with E-state index in [9.17, 15) is 8.78 Å². The summed E-state index contributed by atoms with van der Waals surface area (Å²) in [5.41, 5.74) is 6.00. The number of methoxy groups -OCH3 is 1. The standard InChI is InChI=1S/C13H17F2NO/c1-8-4-5-9(11(15)10(8)14)12(16)13(17-2)6-3-7-13/h4-5,12H,3,6-7,16H2,1-2H3. The summed E-state index contributed by atoms with van der Waals surface area (Å²) in [6.45, 7) is 1.53. The number of hydrogen-bond donors (Lipinski definition) is 1. The Morgan fingerprint density at radius 2 is 1.94 bits per heavy atom. The first-order chi connectivity index (χ1) is 8.02. The Morgan fingerprint density at radius 3 is 2.41 bits per heavy atom. The lowest BCUT2D eigenvalue weighted by Gasteiger charge is -2.45. The zero-order chi connectivity index (χ0) is 12.6. The zero-order valence-corrected chi connectivity index (χ0v) is 10.1. The van der Waals surface area contributed by atoms with Crippen LogP contribution in [0.2, 0.25) is 0 Å². The summed E-state index contributed by atoms with van der Waals surface area (Å²) in [4.78, 5) is 0. The number of rotatable bonds is 3. The van der Waals surface area contributed by atoms with Crippen LogP contribution in [0.15, 0.2) is 12.1 Å². The molecule has 1 unspecified atom stereocenters. The van der Waals surface area contributed by atoms with Crippen molar-refractivity contribution >= 4 is 0 Å². The number of benzene rings is 1. The summed E-state index contributed by atoms with van der Waals surface area (Å²) in [6, 6.07) is 2.49. The van der Waals surface area contributed by atoms with Crippen LogP contribution in [0.3, 0.4) is 0 Å². The van der Waals surface area contributed by atoms with Crippen molar-refractivity contribution in [2.45, 2.75) is 37.8 Å². The summed E-state index contributed by atoms with van der Waals surface area (Å²) in [5, 5.41) is 0. The first-order valence-electron chi connectivity index (χ1n) is 5.77. The highest BCUT2D eigenvalue weighted by atomic mass is 19.2. The third kappa shape index (κ3) is 1.85. The highest BCUT2D eigenvalue weighted by Gasteiger charge is 2.44. The maximum Gasteiger partial charge on any atom is 0.163 e. The smallest absolute Gasteiger partial charge is 0.163 e. The molecule has 0 radical (unpaired) electrons. The van der Waals surface area contributed by atoms with Crippen LogP contribution in [-0.4, -0.2) is 12.7 Å². The molecule has 0 saturated heterocycles. The van der Waals surface area contributed by atoms with Gasteiger partial charge in [-0.1, -0.05) is 12.1 Å². The quantitative estimate of drug-likeness (QED) is 0.883. The summed E-state index contributed by atoms with van der Waals surface area (Å²) in [7, 11) is 1.57. The second-order valence-electron chi connectivity index (χ2n) is 4.70. The summed E-state index contributed by atoms with van der Waals surface area (Å²) >= 11 is 0. The van der Waals surface area contributed by atoms with Crippen molar-refractivity contribution in [1.29, 1.82) is 0 Å². The van der Waals surface area contributed by atoms with Crippen molar-refractivity contribution < 1.29 is 13.5 Å². The van der Waals surface area contributed by atoms with E-state index in [2.05, 4.69) is 0 Å². The molecule has 0 bridgehead atoms. The third-order valence-electron chi connectivity index (χ3n) is 3.81. The largest absolute Gasteiger partial charge is 0.376 e. The summed E-state index contributed by atoms with van der Waals surface area (Å²) in [5.74, 6) is -1.66. The Hall–Kier alpha value is -1.00. The highest BCUT2D eigenvalue weighted by Crippen LogP contribution is 2.44. The minimum absolute atomic E-state index is 0.203. The molecule has 0 aromatic heterocycles. The summed E-state index contributed by atoms with van der Waals surface area (Å²) in [6.07, 6.45) is 2.59. The van der Waals surface area contributed by atoms with Gasteiger partial charge in [0.2, 0.25) is 0 Å². The topological polar surface area (TPSA) is 35.2 Å². The van der Waals surface area contributed by atoms with E-state index in [1.54, 1.807) is 19.2 Å². The lowest BCUT2D eigenvalue weighted by atomic mass is 9.72. The molecule has 1 aliphatic carbocycles. The van der Waals surface area contributed by atoms with Gasteiger partial charge in [-0.05, 0) is 31.7 Å². The number of hydrogen-bond acceptors (Lipinski definition) is 2. The first-order valence-corrected chi connectivity index (χ1v) is 5.77. The second kappa shape index (κ2) is 4.35. The van der Waals surface area contributed by atoms with Crippen molar-refractivity contribution in [1.82, 2.24) is 0 Å². The Labute approximate surface area is 99.8 Å². The fourth-order valence-electron chi connectivity index (χ4n) is 2.35. The van der Waals surface area contributed by atoms with Crippen LogP contribution >= 0.6 is 0 Å². The van der Waals surface area contributed by atoms with Crippen molar-refractivity contribution in [3.8, 4) is 0 Å². The lowest BCUT2D eigenvalue weighted by Crippen LogP contribution is -2.49. The van der Waals surface area contributed by atoms with Crippen LogP contribution in [0.5, 0.6) is 0 Å². The van der Waals surface area contributed by atoms with Gasteiger partial charge in [-0.25, -0.2) is 8.78 Å². The van der Waals surface area contributed by atoms with Crippen LogP contribution < -0.4 is 5.73 Å². The molecule has 0 amide bonds. The van der Waals surface area contributed by atoms with Crippen molar-refractivity contribution in [2.75, 3.05) is 7.11 Å². The van der Waals surface area contributed by atoms with Crippen LogP contribution in [0, 0.1) is 18.6 Å². The van der Waals surface area contributed by atoms with E-state index in [0.717, 1.165) is 19.3 Å². The molecule has 1 fully saturated rings. The number of aryl methyl sites for hydroxylation is 1. The van der Waals surface area contributed by atoms with Crippen molar-refractivity contribution in [2.24, 2.45) is 5.73 Å². The maximum absolute atomic E-state index is 13.8. The zero-order valence-electron chi connectivity index (χ0n) is 10.1. The third-order valence-corrected chi connectivity index (χ3v) is 3.81. The molecule has 17 heavy (non-hydrogen) atoms. The predicted molar refractivity (Wildman–Crippen MR) is 61.6 cm³/mol. The number of halogens is 2. The van der Waals surface area contributed by atoms with E-state index in [4.69, 9.17) is 10.5 Å². The molecule has 1 saturated carbocycles. The SMILES string of the molecule is COC1(C(N)c2ccc(C)c(F)c2F)CCC1. The van der Waals surface area contributed by atoms with Gasteiger partial charge in [0.1, 0.15) is 0 Å². The number of nitrogens with two attached hydrogens (primary N) is 1. The van der Waals surface area contributed by atoms with Crippen LogP contribution in [0.4, 0.5) is 8.78 Å². The monoisotopic (exact) mass is 241 g/mol. The van der Waals surface area contributed by atoms with E-state index in [1.165, 1.54) is 6.92 Å². The van der Waals surface area contributed by atoms with Gasteiger partial charge in [0, 0.05) is 12.7 Å². The molecule has 1 aromatic carbocycles. The lowest BCUT2D eigenvalue weighted by molar-refractivity contribution is -0.0918. The maximum atomic E-state index is 13.8. The Morgan fingerprint density at radius 1 is 1.29 bits per heavy atom. The fourth-order valence-corrected chi connectivity index (χ4v) is 2.35. The average Bonchev–Trinajstić information content (AvgIpc) is 2.25. The molecule has 4 heteroatoms. The average molecular weight is 241 g/mol. The Bertz CT molecular complexity index is 424. The van der Waals surface area contributed by atoms with Gasteiger partial charge in [0.15, 0.2) is 11.6 Å². The number of ether oxygens (including phenoxy) is 1. The van der Waals surface area contributed by atoms with Gasteiger partial charge in [0.25, 0.3) is 0 Å². The normalized spacial score (nSPS) is 19.8. The molecule has 1 atom stereocenters. The van der Waals surface area contributed by atoms with Crippen molar-refractivity contribution in [3.05, 3.63) is 34.9 Å². The molecule has 94 valence electrons. The molecular formula is C13H17F2NO. The molecule has 0 heterocycles. The minimum atomic E-state index is -0.846. The van der Waals surface area contributed by atoms with E-state index >= 15 is 0 Å². The molecule has 1 aliphatic rings. The molecule has 2 nitrogen and oxygen atoms in total. The van der Waals surface area contributed by atoms with E-state index in [1.807, 2.05) is 0 Å². The molecule has 0 aliphatic heterocycles. The van der Waals surface area contributed by atoms with E-state index < -0.39 is 23.3 Å². The molecule has 0 spiro atoms. The van der Waals surface area contributed by atoms with Gasteiger partial charge in [-0.2, -0.15) is 0 Å². The highest BCUT2D eigenvalue weighted by molar-refractivity contribution is 5.30. The van der Waals surface area contributed by atoms with Crippen LogP contribution in [0.1, 0.15) is 36.4 Å². The van der Waals surface area contributed by atoms with E-state index in [-0.39, 0.29) is 5.56 Å². The van der Waals surface area contributed by atoms with Gasteiger partial charge < -0.3 is 10.5 Å². The van der Waals surface area contributed by atoms with Gasteiger partial charge >= 0.3 is 0 Å². The Balaban J connectivity index is 2.37. The Kier molecular flexibility index (Phi) is 3.19. The molecular weight excluding hydrogens is 224 g/mol. The second-order valence-corrected chi connectivity index (χ2v) is 4.70. The minimum Gasteiger partial charge on any atom is -0.376 e.